The Hall–Kier alpha value is -1.35. The van der Waals surface area contributed by atoms with Crippen LogP contribution in [-0.4, -0.2) is 24.4 Å². The summed E-state index contributed by atoms with van der Waals surface area (Å²) in [5, 5.41) is 0. The number of hydrogen-bond donors (Lipinski definition) is 1. The first kappa shape index (κ1) is 14.1. The molecule has 1 aliphatic rings. The number of amides is 1. The van der Waals surface area contributed by atoms with Gasteiger partial charge in [-0.2, -0.15) is 0 Å². The average molecular weight is 260 g/mol. The SMILES string of the molecule is Cc1ccccc1CN(C)C(=O)[C@@H]1CCC[C@@H]1CN. The van der Waals surface area contributed by atoms with Gasteiger partial charge in [-0.05, 0) is 43.4 Å². The fourth-order valence-electron chi connectivity index (χ4n) is 3.05. The van der Waals surface area contributed by atoms with Gasteiger partial charge in [-0.1, -0.05) is 30.7 Å². The molecule has 3 heteroatoms. The van der Waals surface area contributed by atoms with Gasteiger partial charge in [0.2, 0.25) is 5.91 Å². The first-order valence-electron chi connectivity index (χ1n) is 7.13. The largest absolute Gasteiger partial charge is 0.341 e. The highest BCUT2D eigenvalue weighted by Gasteiger charge is 2.33. The smallest absolute Gasteiger partial charge is 0.226 e. The third-order valence-electron chi connectivity index (χ3n) is 4.32. The predicted molar refractivity (Wildman–Crippen MR) is 77.5 cm³/mol. The minimum absolute atomic E-state index is 0.138. The minimum Gasteiger partial charge on any atom is -0.341 e. The molecule has 2 rings (SSSR count). The van der Waals surface area contributed by atoms with E-state index >= 15 is 0 Å². The molecule has 1 aliphatic carbocycles. The zero-order valence-electron chi connectivity index (χ0n) is 11.9. The molecule has 0 spiro atoms. The van der Waals surface area contributed by atoms with Crippen molar-refractivity contribution in [2.45, 2.75) is 32.7 Å². The van der Waals surface area contributed by atoms with Gasteiger partial charge < -0.3 is 10.6 Å². The van der Waals surface area contributed by atoms with E-state index in [2.05, 4.69) is 19.1 Å². The molecule has 0 radical (unpaired) electrons. The van der Waals surface area contributed by atoms with Crippen LogP contribution in [0.25, 0.3) is 0 Å². The van der Waals surface area contributed by atoms with Crippen LogP contribution in [0.15, 0.2) is 24.3 Å². The number of carbonyl (C=O) groups is 1. The fourth-order valence-corrected chi connectivity index (χ4v) is 3.05. The Kier molecular flexibility index (Phi) is 4.59. The lowest BCUT2D eigenvalue weighted by Gasteiger charge is -2.25. The first-order chi connectivity index (χ1) is 9.13. The van der Waals surface area contributed by atoms with Crippen LogP contribution in [0, 0.1) is 18.8 Å². The Balaban J connectivity index is 2.02. The molecule has 1 amide bonds. The van der Waals surface area contributed by atoms with Gasteiger partial charge in [0.25, 0.3) is 0 Å². The molecule has 1 saturated carbocycles. The molecule has 19 heavy (non-hydrogen) atoms. The summed E-state index contributed by atoms with van der Waals surface area (Å²) >= 11 is 0. The quantitative estimate of drug-likeness (QED) is 0.903. The predicted octanol–water partition coefficient (Wildman–Crippen LogP) is 2.33. The maximum absolute atomic E-state index is 12.5. The van der Waals surface area contributed by atoms with Gasteiger partial charge in [-0.15, -0.1) is 0 Å². The second-order valence-corrected chi connectivity index (χ2v) is 5.65. The van der Waals surface area contributed by atoms with E-state index in [1.807, 2.05) is 24.1 Å². The van der Waals surface area contributed by atoms with Crippen LogP contribution < -0.4 is 5.73 Å². The molecule has 0 unspecified atom stereocenters. The number of nitrogens with zero attached hydrogens (tertiary/aromatic N) is 1. The highest BCUT2D eigenvalue weighted by molar-refractivity contribution is 5.79. The maximum Gasteiger partial charge on any atom is 0.226 e. The van der Waals surface area contributed by atoms with E-state index in [4.69, 9.17) is 5.73 Å². The standard InChI is InChI=1S/C16H24N2O/c1-12-6-3-4-7-14(12)11-18(2)16(19)15-9-5-8-13(15)10-17/h3-4,6-7,13,15H,5,8-11,17H2,1-2H3/t13-,15-/m1/s1. The van der Waals surface area contributed by atoms with Crippen LogP contribution in [0.2, 0.25) is 0 Å². The molecule has 0 bridgehead atoms. The van der Waals surface area contributed by atoms with Crippen LogP contribution in [-0.2, 0) is 11.3 Å². The summed E-state index contributed by atoms with van der Waals surface area (Å²) in [5.74, 6) is 0.780. The van der Waals surface area contributed by atoms with Gasteiger partial charge in [0.05, 0.1) is 0 Å². The summed E-state index contributed by atoms with van der Waals surface area (Å²) < 4.78 is 0. The molecule has 0 heterocycles. The summed E-state index contributed by atoms with van der Waals surface area (Å²) in [6.45, 7) is 3.42. The fraction of sp³-hybridized carbons (Fsp3) is 0.562. The molecule has 2 N–H and O–H groups in total. The number of benzene rings is 1. The van der Waals surface area contributed by atoms with Crippen molar-refractivity contribution in [1.82, 2.24) is 4.90 Å². The summed E-state index contributed by atoms with van der Waals surface area (Å²) in [6.07, 6.45) is 3.24. The number of nitrogens with two attached hydrogens (primary N) is 1. The van der Waals surface area contributed by atoms with Crippen LogP contribution in [0.4, 0.5) is 0 Å². The van der Waals surface area contributed by atoms with Crippen LogP contribution >= 0.6 is 0 Å². The normalized spacial score (nSPS) is 22.5. The van der Waals surface area contributed by atoms with Gasteiger partial charge in [-0.3, -0.25) is 4.79 Å². The van der Waals surface area contributed by atoms with Gasteiger partial charge in [0, 0.05) is 19.5 Å². The maximum atomic E-state index is 12.5. The molecular formula is C16H24N2O. The van der Waals surface area contributed by atoms with Crippen LogP contribution in [0.5, 0.6) is 0 Å². The van der Waals surface area contributed by atoms with Crippen LogP contribution in [0.3, 0.4) is 0 Å². The van der Waals surface area contributed by atoms with Gasteiger partial charge in [-0.25, -0.2) is 0 Å². The molecule has 1 aromatic rings. The Morgan fingerprint density at radius 1 is 1.37 bits per heavy atom. The Morgan fingerprint density at radius 2 is 2.11 bits per heavy atom. The van der Waals surface area contributed by atoms with E-state index in [9.17, 15) is 4.79 Å². The van der Waals surface area contributed by atoms with Gasteiger partial charge >= 0.3 is 0 Å². The van der Waals surface area contributed by atoms with Crippen molar-refractivity contribution in [3.63, 3.8) is 0 Å². The van der Waals surface area contributed by atoms with Crippen LogP contribution in [0.1, 0.15) is 30.4 Å². The van der Waals surface area contributed by atoms with E-state index in [1.54, 1.807) is 0 Å². The first-order valence-corrected chi connectivity index (χ1v) is 7.13. The molecule has 104 valence electrons. The number of carbonyl (C=O) groups excluding carboxylic acids is 1. The summed E-state index contributed by atoms with van der Waals surface area (Å²) in [4.78, 5) is 14.4. The van der Waals surface area contributed by atoms with Crippen molar-refractivity contribution in [2.24, 2.45) is 17.6 Å². The number of hydrogen-bond acceptors (Lipinski definition) is 2. The minimum atomic E-state index is 0.138. The Morgan fingerprint density at radius 3 is 2.79 bits per heavy atom. The lowest BCUT2D eigenvalue weighted by molar-refractivity contribution is -0.135. The second-order valence-electron chi connectivity index (χ2n) is 5.65. The molecule has 3 nitrogen and oxygen atoms in total. The van der Waals surface area contributed by atoms with Crippen molar-refractivity contribution in [2.75, 3.05) is 13.6 Å². The molecule has 1 fully saturated rings. The molecular weight excluding hydrogens is 236 g/mol. The molecule has 2 atom stereocenters. The van der Waals surface area contributed by atoms with Crippen molar-refractivity contribution in [1.29, 1.82) is 0 Å². The summed E-state index contributed by atoms with van der Waals surface area (Å²) in [5.41, 5.74) is 8.23. The molecule has 0 aromatic heterocycles. The van der Waals surface area contributed by atoms with E-state index in [1.165, 1.54) is 11.1 Å². The highest BCUT2D eigenvalue weighted by atomic mass is 16.2. The van der Waals surface area contributed by atoms with Crippen molar-refractivity contribution in [3.05, 3.63) is 35.4 Å². The second kappa shape index (κ2) is 6.20. The van der Waals surface area contributed by atoms with Gasteiger partial charge in [0.1, 0.15) is 0 Å². The zero-order valence-corrected chi connectivity index (χ0v) is 11.9. The lowest BCUT2D eigenvalue weighted by Crippen LogP contribution is -2.36. The lowest BCUT2D eigenvalue weighted by atomic mass is 9.94. The van der Waals surface area contributed by atoms with E-state index < -0.39 is 0 Å². The average Bonchev–Trinajstić information content (AvgIpc) is 2.88. The molecule has 1 aromatic carbocycles. The van der Waals surface area contributed by atoms with Crippen molar-refractivity contribution in [3.8, 4) is 0 Å². The third kappa shape index (κ3) is 3.16. The third-order valence-corrected chi connectivity index (χ3v) is 4.32. The van der Waals surface area contributed by atoms with E-state index in [-0.39, 0.29) is 11.8 Å². The van der Waals surface area contributed by atoms with Gasteiger partial charge in [0.15, 0.2) is 0 Å². The van der Waals surface area contributed by atoms with Crippen molar-refractivity contribution < 1.29 is 4.79 Å². The Bertz CT molecular complexity index is 444. The monoisotopic (exact) mass is 260 g/mol. The number of rotatable bonds is 4. The molecule has 0 saturated heterocycles. The summed E-state index contributed by atoms with van der Waals surface area (Å²) in [7, 11) is 1.90. The molecule has 0 aliphatic heterocycles. The highest BCUT2D eigenvalue weighted by Crippen LogP contribution is 2.32. The van der Waals surface area contributed by atoms with E-state index in [0.29, 0.717) is 19.0 Å². The topological polar surface area (TPSA) is 46.3 Å². The summed E-state index contributed by atoms with van der Waals surface area (Å²) in [6, 6.07) is 8.24. The Labute approximate surface area is 115 Å². The number of aryl methyl sites for hydroxylation is 1. The van der Waals surface area contributed by atoms with E-state index in [0.717, 1.165) is 19.3 Å². The van der Waals surface area contributed by atoms with Crippen molar-refractivity contribution >= 4 is 5.91 Å². The zero-order chi connectivity index (χ0) is 13.8.